The molecule has 1 saturated heterocycles. The molecule has 5 nitrogen and oxygen atoms in total. The van der Waals surface area contributed by atoms with E-state index in [2.05, 4.69) is 10.6 Å². The first-order valence-corrected chi connectivity index (χ1v) is 6.39. The van der Waals surface area contributed by atoms with Crippen LogP contribution >= 0.6 is 23.7 Å². The number of hydrogen-bond donors (Lipinski definition) is 3. The van der Waals surface area contributed by atoms with Gasteiger partial charge in [-0.15, -0.1) is 23.7 Å². The molecule has 0 spiro atoms. The summed E-state index contributed by atoms with van der Waals surface area (Å²) in [4.78, 5) is 23.7. The highest BCUT2D eigenvalue weighted by Crippen LogP contribution is 2.16. The molecule has 4 N–H and O–H groups in total. The van der Waals surface area contributed by atoms with Gasteiger partial charge >= 0.3 is 0 Å². The van der Waals surface area contributed by atoms with E-state index < -0.39 is 5.91 Å². The lowest BCUT2D eigenvalue weighted by Gasteiger charge is -2.23. The van der Waals surface area contributed by atoms with E-state index in [9.17, 15) is 9.59 Å². The van der Waals surface area contributed by atoms with E-state index in [1.54, 1.807) is 12.1 Å². The van der Waals surface area contributed by atoms with Crippen LogP contribution in [0.2, 0.25) is 0 Å². The average molecular weight is 290 g/mol. The molecule has 2 rings (SSSR count). The van der Waals surface area contributed by atoms with Gasteiger partial charge < -0.3 is 16.4 Å². The number of thiophene rings is 1. The smallest absolute Gasteiger partial charge is 0.261 e. The minimum atomic E-state index is -0.492. The van der Waals surface area contributed by atoms with Crippen LogP contribution in [-0.4, -0.2) is 30.9 Å². The Bertz CT molecular complexity index is 430. The van der Waals surface area contributed by atoms with Gasteiger partial charge in [0.05, 0.1) is 9.75 Å². The molecule has 0 radical (unpaired) electrons. The fourth-order valence-corrected chi connectivity index (χ4v) is 2.59. The van der Waals surface area contributed by atoms with Crippen molar-refractivity contribution in [2.45, 2.75) is 18.9 Å². The number of hydrogen-bond acceptors (Lipinski definition) is 4. The van der Waals surface area contributed by atoms with Crippen LogP contribution in [-0.2, 0) is 0 Å². The van der Waals surface area contributed by atoms with E-state index in [1.807, 2.05) is 0 Å². The van der Waals surface area contributed by atoms with Gasteiger partial charge in [-0.05, 0) is 31.5 Å². The van der Waals surface area contributed by atoms with Gasteiger partial charge in [-0.2, -0.15) is 0 Å². The normalized spacial score (nSPS) is 18.8. The lowest BCUT2D eigenvalue weighted by atomic mass is 10.1. The van der Waals surface area contributed by atoms with Crippen LogP contribution in [0.3, 0.4) is 0 Å². The van der Waals surface area contributed by atoms with Gasteiger partial charge in [0.15, 0.2) is 0 Å². The third-order valence-corrected chi connectivity index (χ3v) is 3.80. The van der Waals surface area contributed by atoms with Crippen molar-refractivity contribution in [2.24, 2.45) is 5.73 Å². The zero-order chi connectivity index (χ0) is 12.3. The molecule has 0 aromatic carbocycles. The maximum absolute atomic E-state index is 11.9. The Kier molecular flexibility index (Phi) is 5.58. The van der Waals surface area contributed by atoms with Gasteiger partial charge in [0, 0.05) is 12.6 Å². The molecule has 18 heavy (non-hydrogen) atoms. The molecule has 0 aliphatic carbocycles. The number of piperidine rings is 1. The Morgan fingerprint density at radius 1 is 1.39 bits per heavy atom. The summed E-state index contributed by atoms with van der Waals surface area (Å²) >= 11 is 1.13. The number of carbonyl (C=O) groups is 2. The topological polar surface area (TPSA) is 84.2 Å². The monoisotopic (exact) mass is 289 g/mol. The number of nitrogens with two attached hydrogens (primary N) is 1. The van der Waals surface area contributed by atoms with E-state index in [-0.39, 0.29) is 24.4 Å². The van der Waals surface area contributed by atoms with Gasteiger partial charge in [-0.1, -0.05) is 0 Å². The van der Waals surface area contributed by atoms with E-state index in [4.69, 9.17) is 5.73 Å². The minimum absolute atomic E-state index is 0. The maximum Gasteiger partial charge on any atom is 0.261 e. The second kappa shape index (κ2) is 6.72. The summed E-state index contributed by atoms with van der Waals surface area (Å²) in [6.45, 7) is 1.82. The van der Waals surface area contributed by atoms with Crippen LogP contribution in [0.4, 0.5) is 0 Å². The van der Waals surface area contributed by atoms with Crippen molar-refractivity contribution in [3.05, 3.63) is 21.9 Å². The van der Waals surface area contributed by atoms with E-state index in [0.717, 1.165) is 37.3 Å². The van der Waals surface area contributed by atoms with Gasteiger partial charge in [0.25, 0.3) is 11.8 Å². The average Bonchev–Trinajstić information content (AvgIpc) is 2.79. The number of primary amides is 1. The molecule has 1 fully saturated rings. The molecule has 2 heterocycles. The maximum atomic E-state index is 11.9. The predicted octanol–water partition coefficient (Wildman–Crippen LogP) is 0.751. The molecule has 0 bridgehead atoms. The molecule has 1 aromatic rings. The Morgan fingerprint density at radius 3 is 2.67 bits per heavy atom. The van der Waals surface area contributed by atoms with Crippen molar-refractivity contribution < 1.29 is 9.59 Å². The molecule has 0 unspecified atom stereocenters. The van der Waals surface area contributed by atoms with Crippen molar-refractivity contribution >= 4 is 35.6 Å². The summed E-state index contributed by atoms with van der Waals surface area (Å²) in [7, 11) is 0. The molecule has 0 saturated carbocycles. The fourth-order valence-electron chi connectivity index (χ4n) is 1.82. The third kappa shape index (κ3) is 3.69. The predicted molar refractivity (Wildman–Crippen MR) is 73.4 cm³/mol. The molecule has 1 aromatic heterocycles. The number of carbonyl (C=O) groups excluding carboxylic acids is 2. The Hall–Kier alpha value is -1.11. The van der Waals surface area contributed by atoms with Crippen LogP contribution in [0.25, 0.3) is 0 Å². The molecule has 1 aliphatic rings. The van der Waals surface area contributed by atoms with E-state index >= 15 is 0 Å². The molecular formula is C11H16ClN3O2S. The molecular weight excluding hydrogens is 274 g/mol. The quantitative estimate of drug-likeness (QED) is 0.768. The Balaban J connectivity index is 0.00000162. The van der Waals surface area contributed by atoms with Crippen LogP contribution in [0, 0.1) is 0 Å². The lowest BCUT2D eigenvalue weighted by molar-refractivity contribution is 0.0934. The van der Waals surface area contributed by atoms with Crippen molar-refractivity contribution in [3.63, 3.8) is 0 Å². The fraction of sp³-hybridized carbons (Fsp3) is 0.455. The number of nitrogens with one attached hydrogen (secondary N) is 2. The summed E-state index contributed by atoms with van der Waals surface area (Å²) in [5, 5.41) is 6.17. The first-order valence-electron chi connectivity index (χ1n) is 5.58. The van der Waals surface area contributed by atoms with Gasteiger partial charge in [-0.25, -0.2) is 0 Å². The van der Waals surface area contributed by atoms with Crippen molar-refractivity contribution in [1.82, 2.24) is 10.6 Å². The van der Waals surface area contributed by atoms with E-state index in [1.165, 1.54) is 0 Å². The van der Waals surface area contributed by atoms with Crippen LogP contribution < -0.4 is 16.4 Å². The van der Waals surface area contributed by atoms with Crippen LogP contribution in [0.5, 0.6) is 0 Å². The van der Waals surface area contributed by atoms with Gasteiger partial charge in [-0.3, -0.25) is 9.59 Å². The molecule has 7 heteroatoms. The largest absolute Gasteiger partial charge is 0.365 e. The van der Waals surface area contributed by atoms with E-state index in [0.29, 0.717) is 9.75 Å². The molecule has 100 valence electrons. The highest BCUT2D eigenvalue weighted by molar-refractivity contribution is 7.15. The van der Waals surface area contributed by atoms with Crippen LogP contribution in [0.15, 0.2) is 12.1 Å². The summed E-state index contributed by atoms with van der Waals surface area (Å²) in [5.41, 5.74) is 5.14. The first kappa shape index (κ1) is 14.9. The Labute approximate surface area is 116 Å². The molecule has 2 amide bonds. The second-order valence-corrected chi connectivity index (χ2v) is 5.13. The SMILES string of the molecule is Cl.NC(=O)c1ccc(C(=O)N[C@H]2CCCNC2)s1. The molecule has 1 atom stereocenters. The van der Waals surface area contributed by atoms with Crippen LogP contribution in [0.1, 0.15) is 32.2 Å². The summed E-state index contributed by atoms with van der Waals surface area (Å²) in [6.07, 6.45) is 2.06. The highest BCUT2D eigenvalue weighted by Gasteiger charge is 2.18. The zero-order valence-electron chi connectivity index (χ0n) is 9.77. The second-order valence-electron chi connectivity index (χ2n) is 4.04. The summed E-state index contributed by atoms with van der Waals surface area (Å²) in [5.74, 6) is -0.621. The minimum Gasteiger partial charge on any atom is -0.365 e. The summed E-state index contributed by atoms with van der Waals surface area (Å²) < 4.78 is 0. The van der Waals surface area contributed by atoms with Gasteiger partial charge in [0.1, 0.15) is 0 Å². The van der Waals surface area contributed by atoms with Crippen molar-refractivity contribution in [1.29, 1.82) is 0 Å². The third-order valence-electron chi connectivity index (χ3n) is 2.70. The highest BCUT2D eigenvalue weighted by atomic mass is 35.5. The van der Waals surface area contributed by atoms with Crippen molar-refractivity contribution in [3.8, 4) is 0 Å². The standard InChI is InChI=1S/C11H15N3O2S.ClH/c12-10(15)8-3-4-9(17-8)11(16)14-7-2-1-5-13-6-7;/h3-4,7,13H,1-2,5-6H2,(H2,12,15)(H,14,16);1H/t7-;/m0./s1. The lowest BCUT2D eigenvalue weighted by Crippen LogP contribution is -2.45. The first-order chi connectivity index (χ1) is 8.16. The molecule has 1 aliphatic heterocycles. The zero-order valence-corrected chi connectivity index (χ0v) is 11.4. The van der Waals surface area contributed by atoms with Crippen molar-refractivity contribution in [2.75, 3.05) is 13.1 Å². The number of amides is 2. The number of rotatable bonds is 3. The summed E-state index contributed by atoms with van der Waals surface area (Å²) in [6, 6.07) is 3.40. The number of halogens is 1. The van der Waals surface area contributed by atoms with Gasteiger partial charge in [0.2, 0.25) is 0 Å². The Morgan fingerprint density at radius 2 is 2.11 bits per heavy atom.